The lowest BCUT2D eigenvalue weighted by molar-refractivity contribution is -0.131. The number of unbranched alkanes of at least 4 members (excludes halogenated alkanes) is 4. The van der Waals surface area contributed by atoms with E-state index in [1.165, 1.54) is 12.8 Å². The van der Waals surface area contributed by atoms with Gasteiger partial charge in [-0.05, 0) is 38.1 Å². The number of nitrogens with two attached hydrogens (primary N) is 1. The van der Waals surface area contributed by atoms with Gasteiger partial charge in [-0.2, -0.15) is 0 Å². The molecule has 0 aromatic rings. The van der Waals surface area contributed by atoms with E-state index in [2.05, 4.69) is 29.8 Å². The van der Waals surface area contributed by atoms with Crippen molar-refractivity contribution in [1.82, 2.24) is 16.0 Å². The molecule has 0 bridgehead atoms. The number of Topliss-reactive ketones (excluding diaryl/α,β-unsaturated/α-hetero) is 1. The van der Waals surface area contributed by atoms with Gasteiger partial charge in [0.25, 0.3) is 0 Å². The fraction of sp³-hybridized carbons (Fsp3) is 0.870. The number of ketones is 1. The number of carbonyl (C=O) groups excluding carboxylic acids is 3. The standard InChI is InChI=1S/C23H46N4O3/c1-6-8-10-11-15-25-20(17(3)4)22(29)27-19(14-12-16-26-23(24)30)21(28)18(5)13-9-7-2/h17-20,25H,6-16H2,1-5H3,(H,27,29)(H3,24,26,30)/t18?,19-,20?/m0/s1. The maximum absolute atomic E-state index is 13.0. The Hall–Kier alpha value is -1.63. The molecule has 7 heteroatoms. The van der Waals surface area contributed by atoms with E-state index in [-0.39, 0.29) is 29.6 Å². The SMILES string of the molecule is CCCCCCNC(C(=O)N[C@@H](CCCNC(N)=O)C(=O)C(C)CCCC)C(C)C. The molecule has 0 saturated carbocycles. The fourth-order valence-corrected chi connectivity index (χ4v) is 3.50. The van der Waals surface area contributed by atoms with Gasteiger partial charge in [-0.25, -0.2) is 4.79 Å². The quantitative estimate of drug-likeness (QED) is 0.251. The molecule has 0 aliphatic carbocycles. The Morgan fingerprint density at radius 2 is 1.50 bits per heavy atom. The van der Waals surface area contributed by atoms with E-state index in [9.17, 15) is 14.4 Å². The maximum atomic E-state index is 13.0. The van der Waals surface area contributed by atoms with Crippen molar-refractivity contribution in [2.45, 2.75) is 104 Å². The molecule has 0 spiro atoms. The summed E-state index contributed by atoms with van der Waals surface area (Å²) in [7, 11) is 0. The van der Waals surface area contributed by atoms with Crippen LogP contribution in [-0.2, 0) is 9.59 Å². The number of primary amides is 1. The Balaban J connectivity index is 4.95. The van der Waals surface area contributed by atoms with Crippen molar-refractivity contribution in [3.05, 3.63) is 0 Å². The minimum absolute atomic E-state index is 0.0707. The predicted octanol–water partition coefficient (Wildman–Crippen LogP) is 3.51. The Morgan fingerprint density at radius 1 is 0.833 bits per heavy atom. The molecule has 176 valence electrons. The lowest BCUT2D eigenvalue weighted by Crippen LogP contribution is -2.53. The lowest BCUT2D eigenvalue weighted by atomic mass is 9.91. The number of nitrogens with one attached hydrogen (secondary N) is 3. The molecule has 0 aliphatic heterocycles. The van der Waals surface area contributed by atoms with Crippen LogP contribution in [0.2, 0.25) is 0 Å². The average Bonchev–Trinajstić information content (AvgIpc) is 2.69. The first-order valence-electron chi connectivity index (χ1n) is 11.8. The van der Waals surface area contributed by atoms with E-state index in [0.717, 1.165) is 38.6 Å². The molecule has 0 aromatic carbocycles. The van der Waals surface area contributed by atoms with Crippen LogP contribution in [-0.4, -0.2) is 42.9 Å². The third-order valence-corrected chi connectivity index (χ3v) is 5.45. The minimum atomic E-state index is -0.578. The summed E-state index contributed by atoms with van der Waals surface area (Å²) in [5, 5.41) is 8.92. The molecule has 0 aromatic heterocycles. The van der Waals surface area contributed by atoms with Crippen LogP contribution in [0.3, 0.4) is 0 Å². The van der Waals surface area contributed by atoms with Gasteiger partial charge in [0.15, 0.2) is 5.78 Å². The minimum Gasteiger partial charge on any atom is -0.352 e. The van der Waals surface area contributed by atoms with Crippen LogP contribution >= 0.6 is 0 Å². The van der Waals surface area contributed by atoms with Crippen LogP contribution in [0.1, 0.15) is 92.4 Å². The van der Waals surface area contributed by atoms with Crippen LogP contribution in [0.5, 0.6) is 0 Å². The Bertz CT molecular complexity index is 497. The summed E-state index contributed by atoms with van der Waals surface area (Å²) in [6, 6.07) is -1.44. The molecule has 2 unspecified atom stereocenters. The first kappa shape index (κ1) is 28.4. The van der Waals surface area contributed by atoms with Crippen LogP contribution < -0.4 is 21.7 Å². The number of amides is 3. The second-order valence-corrected chi connectivity index (χ2v) is 8.68. The number of carbonyl (C=O) groups is 3. The predicted molar refractivity (Wildman–Crippen MR) is 123 cm³/mol. The normalized spacial score (nSPS) is 14.2. The topological polar surface area (TPSA) is 113 Å². The molecule has 0 radical (unpaired) electrons. The summed E-state index contributed by atoms with van der Waals surface area (Å²) in [5.74, 6) is -0.0226. The third-order valence-electron chi connectivity index (χ3n) is 5.45. The van der Waals surface area contributed by atoms with E-state index in [0.29, 0.717) is 19.4 Å². The van der Waals surface area contributed by atoms with Crippen molar-refractivity contribution in [2.24, 2.45) is 17.6 Å². The second kappa shape index (κ2) is 17.1. The van der Waals surface area contributed by atoms with Gasteiger partial charge < -0.3 is 21.7 Å². The smallest absolute Gasteiger partial charge is 0.312 e. The number of rotatable bonds is 18. The molecule has 30 heavy (non-hydrogen) atoms. The van der Waals surface area contributed by atoms with E-state index in [1.807, 2.05) is 20.8 Å². The Labute approximate surface area is 183 Å². The second-order valence-electron chi connectivity index (χ2n) is 8.68. The molecule has 7 nitrogen and oxygen atoms in total. The highest BCUT2D eigenvalue weighted by molar-refractivity contribution is 5.92. The van der Waals surface area contributed by atoms with Crippen LogP contribution in [0.4, 0.5) is 4.79 Å². The zero-order valence-corrected chi connectivity index (χ0v) is 19.9. The Morgan fingerprint density at radius 3 is 2.07 bits per heavy atom. The maximum Gasteiger partial charge on any atom is 0.312 e. The monoisotopic (exact) mass is 426 g/mol. The zero-order chi connectivity index (χ0) is 22.9. The first-order valence-corrected chi connectivity index (χ1v) is 11.8. The molecule has 3 amide bonds. The van der Waals surface area contributed by atoms with Crippen molar-refractivity contribution < 1.29 is 14.4 Å². The molecule has 0 fully saturated rings. The highest BCUT2D eigenvalue weighted by atomic mass is 16.2. The van der Waals surface area contributed by atoms with Gasteiger partial charge in [-0.3, -0.25) is 9.59 Å². The molecule has 5 N–H and O–H groups in total. The molecular weight excluding hydrogens is 380 g/mol. The van der Waals surface area contributed by atoms with E-state index in [4.69, 9.17) is 5.73 Å². The highest BCUT2D eigenvalue weighted by Crippen LogP contribution is 2.14. The van der Waals surface area contributed by atoms with Gasteiger partial charge >= 0.3 is 6.03 Å². The van der Waals surface area contributed by atoms with E-state index >= 15 is 0 Å². The van der Waals surface area contributed by atoms with E-state index < -0.39 is 12.1 Å². The summed E-state index contributed by atoms with van der Waals surface area (Å²) in [4.78, 5) is 36.9. The third kappa shape index (κ3) is 12.8. The van der Waals surface area contributed by atoms with Gasteiger partial charge in [-0.1, -0.05) is 66.7 Å². The summed E-state index contributed by atoms with van der Waals surface area (Å²) in [6.45, 7) is 11.4. The number of hydrogen-bond donors (Lipinski definition) is 4. The summed E-state index contributed by atoms with van der Waals surface area (Å²) >= 11 is 0. The van der Waals surface area contributed by atoms with Crippen LogP contribution in [0.25, 0.3) is 0 Å². The van der Waals surface area contributed by atoms with Gasteiger partial charge in [0.2, 0.25) is 5.91 Å². The fourth-order valence-electron chi connectivity index (χ4n) is 3.50. The van der Waals surface area contributed by atoms with Gasteiger partial charge in [0.05, 0.1) is 12.1 Å². The van der Waals surface area contributed by atoms with Crippen molar-refractivity contribution in [3.63, 3.8) is 0 Å². The number of urea groups is 1. The molecule has 0 rings (SSSR count). The largest absolute Gasteiger partial charge is 0.352 e. The molecule has 0 aliphatic rings. The van der Waals surface area contributed by atoms with E-state index in [1.54, 1.807) is 0 Å². The molecular formula is C23H46N4O3. The van der Waals surface area contributed by atoms with Gasteiger partial charge in [-0.15, -0.1) is 0 Å². The van der Waals surface area contributed by atoms with Gasteiger partial charge in [0, 0.05) is 12.5 Å². The zero-order valence-electron chi connectivity index (χ0n) is 19.9. The highest BCUT2D eigenvalue weighted by Gasteiger charge is 2.29. The summed E-state index contributed by atoms with van der Waals surface area (Å²) < 4.78 is 0. The Kier molecular flexibility index (Phi) is 16.2. The van der Waals surface area contributed by atoms with Crippen LogP contribution in [0, 0.1) is 11.8 Å². The van der Waals surface area contributed by atoms with Crippen molar-refractivity contribution >= 4 is 17.7 Å². The summed E-state index contributed by atoms with van der Waals surface area (Å²) in [6.07, 6.45) is 8.49. The van der Waals surface area contributed by atoms with Crippen molar-refractivity contribution in [1.29, 1.82) is 0 Å². The molecule has 0 heterocycles. The number of hydrogen-bond acceptors (Lipinski definition) is 4. The van der Waals surface area contributed by atoms with Crippen molar-refractivity contribution in [3.8, 4) is 0 Å². The van der Waals surface area contributed by atoms with Gasteiger partial charge in [0.1, 0.15) is 0 Å². The van der Waals surface area contributed by atoms with Crippen LogP contribution in [0.15, 0.2) is 0 Å². The van der Waals surface area contributed by atoms with Crippen molar-refractivity contribution in [2.75, 3.05) is 13.1 Å². The lowest BCUT2D eigenvalue weighted by Gasteiger charge is -2.26. The average molecular weight is 427 g/mol. The first-order chi connectivity index (χ1) is 14.2. The molecule has 3 atom stereocenters. The molecule has 0 saturated heterocycles. The summed E-state index contributed by atoms with van der Waals surface area (Å²) in [5.41, 5.74) is 5.11.